The molecule has 12 heteroatoms. The van der Waals surface area contributed by atoms with Crippen molar-refractivity contribution >= 4 is 27.9 Å². The van der Waals surface area contributed by atoms with Gasteiger partial charge in [-0.2, -0.15) is 0 Å². The van der Waals surface area contributed by atoms with E-state index in [0.717, 1.165) is 51.5 Å². The molecule has 6 aliphatic carbocycles. The number of allylic oxidation sites excluding steroid dienone is 1. The number of carbonyl (C=O) groups excluding carboxylic acids is 2. The van der Waals surface area contributed by atoms with Gasteiger partial charge in [-0.25, -0.2) is 13.2 Å². The number of carboxylic acids is 1. The molecule has 340 valence electrons. The van der Waals surface area contributed by atoms with Gasteiger partial charge in [-0.3, -0.25) is 14.5 Å². The third kappa shape index (κ3) is 7.47. The standard InChI is InChI=1S/C48H79N3O8S/c1-11-58-42(55)49-29-31(51-24-26-60(56,57)27-25-51)17-23-50-48-20-14-32(30(2)3)39(48)33-12-13-37-45(8)18-16-38(59-41(54)35-28-34(40(52)53)43(35,4)5)44(6,7)36(45)15-19-47(37,10)46(33,9)21-22-48/h31-39,50H,2,11-29H2,1,3-10H3,(H,49,55)(H,52,53)/t31?,32-,33+,34-,35+,36-,37+,38-,39+,45-,46+,47+,48-/m0/s1. The summed E-state index contributed by atoms with van der Waals surface area (Å²) in [6.45, 7) is 27.6. The van der Waals surface area contributed by atoms with E-state index in [1.165, 1.54) is 31.3 Å². The average molecular weight is 858 g/mol. The first-order valence-corrected chi connectivity index (χ1v) is 25.5. The monoisotopic (exact) mass is 858 g/mol. The number of nitrogens with zero attached hydrogens (tertiary/aromatic N) is 1. The van der Waals surface area contributed by atoms with Crippen molar-refractivity contribution in [2.75, 3.05) is 44.3 Å². The molecular weight excluding hydrogens is 779 g/mol. The summed E-state index contributed by atoms with van der Waals surface area (Å²) in [4.78, 5) is 40.1. The summed E-state index contributed by atoms with van der Waals surface area (Å²) >= 11 is 0. The molecule has 60 heavy (non-hydrogen) atoms. The van der Waals surface area contributed by atoms with Crippen molar-refractivity contribution in [3.63, 3.8) is 0 Å². The summed E-state index contributed by atoms with van der Waals surface area (Å²) in [6, 6.07) is 0.0157. The lowest BCUT2D eigenvalue weighted by atomic mass is 9.32. The lowest BCUT2D eigenvalue weighted by Gasteiger charge is -2.73. The molecule has 0 aromatic heterocycles. The van der Waals surface area contributed by atoms with Crippen LogP contribution < -0.4 is 10.6 Å². The number of carbonyl (C=O) groups is 3. The fourth-order valence-electron chi connectivity index (χ4n) is 16.0. The maximum Gasteiger partial charge on any atom is 0.407 e. The third-order valence-electron chi connectivity index (χ3n) is 19.7. The lowest BCUT2D eigenvalue weighted by molar-refractivity contribution is -0.248. The van der Waals surface area contributed by atoms with E-state index in [1.807, 2.05) is 13.8 Å². The normalized spacial score (nSPS) is 43.1. The topological polar surface area (TPSA) is 151 Å². The zero-order chi connectivity index (χ0) is 43.8. The Bertz CT molecular complexity index is 1790. The van der Waals surface area contributed by atoms with Crippen LogP contribution in [0, 0.1) is 68.5 Å². The Balaban J connectivity index is 1.07. The van der Waals surface area contributed by atoms with Crippen LogP contribution >= 0.6 is 0 Å². The number of nitrogens with one attached hydrogen (secondary N) is 2. The summed E-state index contributed by atoms with van der Waals surface area (Å²) in [7, 11) is -3.03. The quantitative estimate of drug-likeness (QED) is 0.131. The van der Waals surface area contributed by atoms with Crippen LogP contribution in [0.3, 0.4) is 0 Å². The fourth-order valence-corrected chi connectivity index (χ4v) is 17.2. The van der Waals surface area contributed by atoms with Gasteiger partial charge in [0.15, 0.2) is 9.84 Å². The molecule has 13 atom stereocenters. The van der Waals surface area contributed by atoms with Crippen LogP contribution in [0.25, 0.3) is 0 Å². The summed E-state index contributed by atoms with van der Waals surface area (Å²) in [5.41, 5.74) is 1.02. The van der Waals surface area contributed by atoms with Gasteiger partial charge in [0.05, 0.1) is 29.9 Å². The van der Waals surface area contributed by atoms with Crippen LogP contribution in [-0.4, -0.2) is 98.4 Å². The molecule has 7 fully saturated rings. The number of ether oxygens (including phenoxy) is 2. The molecule has 6 saturated carbocycles. The van der Waals surface area contributed by atoms with Crippen molar-refractivity contribution in [3.8, 4) is 0 Å². The first-order valence-electron chi connectivity index (χ1n) is 23.7. The van der Waals surface area contributed by atoms with Crippen LogP contribution in [-0.2, 0) is 28.9 Å². The molecule has 0 spiro atoms. The molecule has 1 aliphatic heterocycles. The minimum atomic E-state index is -3.03. The van der Waals surface area contributed by atoms with E-state index >= 15 is 0 Å². The van der Waals surface area contributed by atoms with Crippen LogP contribution in [0.2, 0.25) is 0 Å². The Morgan fingerprint density at radius 3 is 2.18 bits per heavy atom. The Labute approximate surface area is 361 Å². The molecule has 1 heterocycles. The van der Waals surface area contributed by atoms with Gasteiger partial charge in [0.1, 0.15) is 6.10 Å². The number of fused-ring (bicyclic) bond motifs is 7. The molecule has 0 aromatic carbocycles. The first kappa shape index (κ1) is 45.8. The predicted octanol–water partition coefficient (Wildman–Crippen LogP) is 7.88. The van der Waals surface area contributed by atoms with E-state index in [1.54, 1.807) is 6.92 Å². The van der Waals surface area contributed by atoms with Crippen molar-refractivity contribution in [1.82, 2.24) is 15.5 Å². The number of rotatable bonds is 12. The molecule has 11 nitrogen and oxygen atoms in total. The zero-order valence-electron chi connectivity index (χ0n) is 38.5. The van der Waals surface area contributed by atoms with E-state index < -0.39 is 33.2 Å². The Morgan fingerprint density at radius 2 is 1.55 bits per heavy atom. The molecule has 0 radical (unpaired) electrons. The summed E-state index contributed by atoms with van der Waals surface area (Å²) < 4.78 is 36.3. The second-order valence-corrected chi connectivity index (χ2v) is 25.1. The van der Waals surface area contributed by atoms with Crippen LogP contribution in [0.4, 0.5) is 4.79 Å². The minimum Gasteiger partial charge on any atom is -0.481 e. The molecule has 0 aromatic rings. The Kier molecular flexibility index (Phi) is 12.3. The maximum absolute atomic E-state index is 13.7. The molecule has 7 aliphatic rings. The number of carboxylic acid groups (broad SMARTS) is 1. The molecule has 0 bridgehead atoms. The van der Waals surface area contributed by atoms with Gasteiger partial charge in [0, 0.05) is 36.6 Å². The molecule has 1 unspecified atom stereocenters. The van der Waals surface area contributed by atoms with Gasteiger partial charge < -0.3 is 25.2 Å². The van der Waals surface area contributed by atoms with Gasteiger partial charge in [0.25, 0.3) is 0 Å². The van der Waals surface area contributed by atoms with Crippen molar-refractivity contribution in [3.05, 3.63) is 12.2 Å². The van der Waals surface area contributed by atoms with Crippen LogP contribution in [0.1, 0.15) is 139 Å². The molecule has 1 saturated heterocycles. The van der Waals surface area contributed by atoms with Crippen molar-refractivity contribution in [2.45, 2.75) is 157 Å². The van der Waals surface area contributed by atoms with Gasteiger partial charge >= 0.3 is 18.0 Å². The highest BCUT2D eigenvalue weighted by Gasteiger charge is 2.71. The number of esters is 1. The average Bonchev–Trinajstić information content (AvgIpc) is 3.54. The predicted molar refractivity (Wildman–Crippen MR) is 234 cm³/mol. The molecule has 7 rings (SSSR count). The highest BCUT2D eigenvalue weighted by atomic mass is 32.2. The zero-order valence-corrected chi connectivity index (χ0v) is 39.3. The van der Waals surface area contributed by atoms with Crippen molar-refractivity contribution in [1.29, 1.82) is 0 Å². The van der Waals surface area contributed by atoms with Gasteiger partial charge in [-0.1, -0.05) is 60.6 Å². The molecular formula is C48H79N3O8S. The first-order chi connectivity index (χ1) is 28.0. The largest absolute Gasteiger partial charge is 0.481 e. The number of aliphatic carboxylic acids is 1. The van der Waals surface area contributed by atoms with E-state index in [9.17, 15) is 27.9 Å². The number of hydrogen-bond donors (Lipinski definition) is 3. The fraction of sp³-hybridized carbons (Fsp3) is 0.896. The lowest BCUT2D eigenvalue weighted by Crippen LogP contribution is -2.69. The number of alkyl carbamates (subject to hydrolysis) is 1. The highest BCUT2D eigenvalue weighted by Crippen LogP contribution is 2.76. The SMILES string of the molecule is C=C(C)[C@@H]1CC[C@]2(NCCC(CNC(=O)OCC)N3CCS(=O)(=O)CC3)CC[C@]3(C)[C@H](CC[C@@H]4[C@@]5(C)CC[C@H](OC(=O)[C@H]6C[C@@H](C(=O)O)C6(C)C)C(C)(C)[C@@H]5CC[C@]43C)[C@@H]12. The van der Waals surface area contributed by atoms with Crippen molar-refractivity contribution in [2.24, 2.45) is 68.5 Å². The minimum absolute atomic E-state index is 0.0157. The summed E-state index contributed by atoms with van der Waals surface area (Å²) in [5, 5.41) is 16.9. The van der Waals surface area contributed by atoms with Crippen LogP contribution in [0.5, 0.6) is 0 Å². The van der Waals surface area contributed by atoms with Crippen molar-refractivity contribution < 1.29 is 37.4 Å². The van der Waals surface area contributed by atoms with Gasteiger partial charge in [-0.05, 0) is 149 Å². The maximum atomic E-state index is 13.7. The van der Waals surface area contributed by atoms with E-state index in [-0.39, 0.29) is 62.7 Å². The second-order valence-electron chi connectivity index (χ2n) is 22.8. The number of sulfone groups is 1. The highest BCUT2D eigenvalue weighted by molar-refractivity contribution is 7.91. The Morgan fingerprint density at radius 1 is 0.850 bits per heavy atom. The summed E-state index contributed by atoms with van der Waals surface area (Å²) in [6.07, 6.45) is 11.8. The van der Waals surface area contributed by atoms with Gasteiger partial charge in [-0.15, -0.1) is 0 Å². The third-order valence-corrected chi connectivity index (χ3v) is 21.3. The van der Waals surface area contributed by atoms with Gasteiger partial charge in [0.2, 0.25) is 0 Å². The Hall–Kier alpha value is -2.18. The summed E-state index contributed by atoms with van der Waals surface area (Å²) in [5.74, 6) is 0.956. The second kappa shape index (κ2) is 16.1. The molecule has 3 N–H and O–H groups in total. The van der Waals surface area contributed by atoms with E-state index in [2.05, 4.69) is 63.7 Å². The van der Waals surface area contributed by atoms with E-state index in [0.29, 0.717) is 62.3 Å². The molecule has 1 amide bonds. The number of amides is 1. The van der Waals surface area contributed by atoms with Crippen LogP contribution in [0.15, 0.2) is 12.2 Å². The smallest absolute Gasteiger partial charge is 0.407 e. The van der Waals surface area contributed by atoms with E-state index in [4.69, 9.17) is 9.47 Å². The number of hydrogen-bond acceptors (Lipinski definition) is 9.